The fraction of sp³-hybridized carbons (Fsp3) is 0.304. The van der Waals surface area contributed by atoms with Gasteiger partial charge in [0.05, 0.1) is 17.7 Å². The fourth-order valence-electron chi connectivity index (χ4n) is 3.85. The lowest BCUT2D eigenvalue weighted by Gasteiger charge is -2.23. The van der Waals surface area contributed by atoms with Crippen molar-refractivity contribution in [3.63, 3.8) is 0 Å². The lowest BCUT2D eigenvalue weighted by molar-refractivity contribution is -0.116. The third-order valence-corrected chi connectivity index (χ3v) is 5.66. The van der Waals surface area contributed by atoms with E-state index in [1.54, 1.807) is 25.5 Å². The Morgan fingerprint density at radius 3 is 2.86 bits per heavy atom. The van der Waals surface area contributed by atoms with E-state index in [0.29, 0.717) is 40.8 Å². The van der Waals surface area contributed by atoms with E-state index < -0.39 is 11.9 Å². The van der Waals surface area contributed by atoms with Crippen molar-refractivity contribution in [1.29, 1.82) is 0 Å². The molecule has 0 aliphatic carbocycles. The molecule has 0 saturated carbocycles. The average molecular weight is 478 g/mol. The van der Waals surface area contributed by atoms with Crippen molar-refractivity contribution in [1.82, 2.24) is 29.5 Å². The molecule has 5 rings (SSSR count). The predicted molar refractivity (Wildman–Crippen MR) is 128 cm³/mol. The summed E-state index contributed by atoms with van der Waals surface area (Å²) >= 11 is 0. The van der Waals surface area contributed by atoms with Crippen LogP contribution in [0.4, 0.5) is 27.4 Å². The second-order valence-electron chi connectivity index (χ2n) is 8.13. The minimum atomic E-state index is -0.680. The number of halogens is 1. The number of nitrogens with zero attached hydrogens (tertiary/aromatic N) is 6. The number of anilines is 4. The van der Waals surface area contributed by atoms with Gasteiger partial charge in [-0.1, -0.05) is 0 Å². The Labute approximate surface area is 200 Å². The van der Waals surface area contributed by atoms with Crippen molar-refractivity contribution in [3.8, 4) is 0 Å². The number of hydrogen-bond donors (Lipinski definition) is 3. The number of nitrogens with one attached hydrogen (secondary N) is 3. The van der Waals surface area contributed by atoms with E-state index in [1.165, 1.54) is 30.9 Å². The largest absolute Gasteiger partial charge is 0.358 e. The first kappa shape index (κ1) is 22.6. The van der Waals surface area contributed by atoms with Crippen molar-refractivity contribution < 1.29 is 13.9 Å². The van der Waals surface area contributed by atoms with Gasteiger partial charge in [-0.3, -0.25) is 9.36 Å². The van der Waals surface area contributed by atoms with Gasteiger partial charge in [0.25, 0.3) is 0 Å². The van der Waals surface area contributed by atoms with Crippen molar-refractivity contribution in [2.45, 2.75) is 38.5 Å². The Morgan fingerprint density at radius 2 is 2.06 bits per heavy atom. The zero-order valence-electron chi connectivity index (χ0n) is 19.0. The average Bonchev–Trinajstić information content (AvgIpc) is 3.32. The Hall–Kier alpha value is -4.19. The SMILES string of the molecule is CC(Nc1ncnc2c1ncn2C1CCCCO1)C(=O)Nc1ccc(F)cc1Nc1ccncn1. The number of fused-ring (bicyclic) bond motifs is 1. The summed E-state index contributed by atoms with van der Waals surface area (Å²) in [6, 6.07) is 4.99. The third kappa shape index (κ3) is 5.01. The molecule has 1 aromatic carbocycles. The molecule has 4 heterocycles. The smallest absolute Gasteiger partial charge is 0.246 e. The predicted octanol–water partition coefficient (Wildman–Crippen LogP) is 3.64. The molecule has 1 fully saturated rings. The van der Waals surface area contributed by atoms with Gasteiger partial charge < -0.3 is 20.7 Å². The molecule has 2 unspecified atom stereocenters. The van der Waals surface area contributed by atoms with Gasteiger partial charge in [0, 0.05) is 12.8 Å². The van der Waals surface area contributed by atoms with Crippen LogP contribution in [0.25, 0.3) is 11.2 Å². The monoisotopic (exact) mass is 477 g/mol. The van der Waals surface area contributed by atoms with Gasteiger partial charge in [-0.25, -0.2) is 29.3 Å². The van der Waals surface area contributed by atoms with Crippen LogP contribution in [0, 0.1) is 5.82 Å². The van der Waals surface area contributed by atoms with E-state index in [2.05, 4.69) is 40.9 Å². The molecule has 0 spiro atoms. The molecule has 3 aromatic heterocycles. The Kier molecular flexibility index (Phi) is 6.44. The van der Waals surface area contributed by atoms with E-state index in [9.17, 15) is 9.18 Å². The number of aromatic nitrogens is 6. The normalized spacial score (nSPS) is 16.6. The molecule has 4 aromatic rings. The molecule has 180 valence electrons. The number of rotatable bonds is 7. The molecule has 0 bridgehead atoms. The number of benzene rings is 1. The van der Waals surface area contributed by atoms with Crippen molar-refractivity contribution in [2.75, 3.05) is 22.6 Å². The maximum Gasteiger partial charge on any atom is 0.246 e. The second kappa shape index (κ2) is 9.97. The van der Waals surface area contributed by atoms with Gasteiger partial charge in [0.15, 0.2) is 17.0 Å². The number of imidazole rings is 1. The van der Waals surface area contributed by atoms with Crippen LogP contribution in [0.1, 0.15) is 32.4 Å². The maximum atomic E-state index is 13.9. The molecule has 12 heteroatoms. The number of hydrogen-bond acceptors (Lipinski definition) is 9. The third-order valence-electron chi connectivity index (χ3n) is 5.66. The Bertz CT molecular complexity index is 1330. The first-order valence-electron chi connectivity index (χ1n) is 11.3. The quantitative estimate of drug-likeness (QED) is 0.365. The minimum Gasteiger partial charge on any atom is -0.358 e. The first-order valence-corrected chi connectivity index (χ1v) is 11.3. The maximum absolute atomic E-state index is 13.9. The van der Waals surface area contributed by atoms with E-state index in [1.807, 2.05) is 4.57 Å². The Morgan fingerprint density at radius 1 is 1.14 bits per heavy atom. The van der Waals surface area contributed by atoms with E-state index in [0.717, 1.165) is 19.3 Å². The highest BCUT2D eigenvalue weighted by atomic mass is 19.1. The number of amides is 1. The minimum absolute atomic E-state index is 0.114. The summed E-state index contributed by atoms with van der Waals surface area (Å²) in [7, 11) is 0. The zero-order chi connectivity index (χ0) is 24.2. The molecule has 1 aliphatic heterocycles. The summed E-state index contributed by atoms with van der Waals surface area (Å²) in [5.74, 6) is 0.106. The molecule has 1 amide bonds. The molecule has 3 N–H and O–H groups in total. The van der Waals surface area contributed by atoms with Crippen LogP contribution in [0.3, 0.4) is 0 Å². The molecule has 0 radical (unpaired) electrons. The van der Waals surface area contributed by atoms with Crippen molar-refractivity contribution in [3.05, 3.63) is 55.3 Å². The van der Waals surface area contributed by atoms with Gasteiger partial charge in [0.1, 0.15) is 36.6 Å². The van der Waals surface area contributed by atoms with Crippen molar-refractivity contribution in [2.24, 2.45) is 0 Å². The standard InChI is InChI=1S/C23H24FN9O2/c1-14(23(34)32-16-6-5-15(24)10-17(16)31-18-7-8-25-11-26-18)30-21-20-22(28-12-27-21)33(13-29-20)19-4-2-3-9-35-19/h5-8,10-14,19H,2-4,9H2,1H3,(H,32,34)(H,25,26,31)(H,27,28,30). The summed E-state index contributed by atoms with van der Waals surface area (Å²) in [5, 5.41) is 8.92. The Balaban J connectivity index is 1.32. The van der Waals surface area contributed by atoms with E-state index >= 15 is 0 Å². The van der Waals surface area contributed by atoms with Crippen molar-refractivity contribution >= 4 is 40.1 Å². The highest BCUT2D eigenvalue weighted by Gasteiger charge is 2.22. The van der Waals surface area contributed by atoms with E-state index in [4.69, 9.17) is 4.74 Å². The summed E-state index contributed by atoms with van der Waals surface area (Å²) in [5.41, 5.74) is 1.95. The molecular formula is C23H24FN9O2. The van der Waals surface area contributed by atoms with Gasteiger partial charge in [-0.2, -0.15) is 0 Å². The van der Waals surface area contributed by atoms with Gasteiger partial charge >= 0.3 is 0 Å². The van der Waals surface area contributed by atoms with Gasteiger partial charge in [-0.15, -0.1) is 0 Å². The van der Waals surface area contributed by atoms with Gasteiger partial charge in [-0.05, 0) is 50.5 Å². The number of carbonyl (C=O) groups excluding carboxylic acids is 1. The molecule has 11 nitrogen and oxygen atoms in total. The summed E-state index contributed by atoms with van der Waals surface area (Å²) in [6.45, 7) is 2.40. The van der Waals surface area contributed by atoms with Gasteiger partial charge in [0.2, 0.25) is 5.91 Å². The molecule has 2 atom stereocenters. The van der Waals surface area contributed by atoms with Crippen LogP contribution >= 0.6 is 0 Å². The number of carbonyl (C=O) groups is 1. The lowest BCUT2D eigenvalue weighted by Crippen LogP contribution is -2.32. The fourth-order valence-corrected chi connectivity index (χ4v) is 3.85. The number of ether oxygens (including phenoxy) is 1. The van der Waals surface area contributed by atoms with Crippen LogP contribution < -0.4 is 16.0 Å². The molecular weight excluding hydrogens is 453 g/mol. The van der Waals surface area contributed by atoms with Crippen LogP contribution in [-0.4, -0.2) is 48.0 Å². The highest BCUT2D eigenvalue weighted by molar-refractivity contribution is 5.99. The highest BCUT2D eigenvalue weighted by Crippen LogP contribution is 2.28. The summed E-state index contributed by atoms with van der Waals surface area (Å²) in [6.07, 6.45) is 8.95. The molecule has 35 heavy (non-hydrogen) atoms. The first-order chi connectivity index (χ1) is 17.1. The topological polar surface area (TPSA) is 132 Å². The second-order valence-corrected chi connectivity index (χ2v) is 8.13. The lowest BCUT2D eigenvalue weighted by atomic mass is 10.2. The zero-order valence-corrected chi connectivity index (χ0v) is 19.0. The summed E-state index contributed by atoms with van der Waals surface area (Å²) < 4.78 is 21.6. The van der Waals surface area contributed by atoms with Crippen LogP contribution in [-0.2, 0) is 9.53 Å². The molecule has 1 saturated heterocycles. The molecule has 1 aliphatic rings. The van der Waals surface area contributed by atoms with Crippen LogP contribution in [0.15, 0.2) is 49.4 Å². The van der Waals surface area contributed by atoms with E-state index in [-0.39, 0.29) is 12.1 Å². The van der Waals surface area contributed by atoms with Crippen LogP contribution in [0.2, 0.25) is 0 Å². The summed E-state index contributed by atoms with van der Waals surface area (Å²) in [4.78, 5) is 34.0. The van der Waals surface area contributed by atoms with Crippen LogP contribution in [0.5, 0.6) is 0 Å².